The summed E-state index contributed by atoms with van der Waals surface area (Å²) >= 11 is 0. The highest BCUT2D eigenvalue weighted by Gasteiger charge is 2.21. The van der Waals surface area contributed by atoms with Crippen molar-refractivity contribution in [1.82, 2.24) is 15.3 Å². The summed E-state index contributed by atoms with van der Waals surface area (Å²) in [5, 5.41) is 3.43. The lowest BCUT2D eigenvalue weighted by molar-refractivity contribution is 0.193. The first-order valence-corrected chi connectivity index (χ1v) is 7.22. The Morgan fingerprint density at radius 2 is 2.26 bits per heavy atom. The molecule has 3 heterocycles. The minimum atomic E-state index is 0.450. The van der Waals surface area contributed by atoms with Crippen molar-refractivity contribution < 1.29 is 4.74 Å². The van der Waals surface area contributed by atoms with E-state index in [9.17, 15) is 0 Å². The quantitative estimate of drug-likeness (QED) is 0.864. The lowest BCUT2D eigenvalue weighted by atomic mass is 10.0. The van der Waals surface area contributed by atoms with E-state index in [1.54, 1.807) is 0 Å². The number of hydrogen-bond donors (Lipinski definition) is 1. The van der Waals surface area contributed by atoms with Gasteiger partial charge in [0.25, 0.3) is 0 Å². The van der Waals surface area contributed by atoms with Crippen molar-refractivity contribution in [2.24, 2.45) is 0 Å². The molecule has 0 radical (unpaired) electrons. The van der Waals surface area contributed by atoms with Crippen LogP contribution in [0, 0.1) is 6.92 Å². The molecule has 2 fully saturated rings. The molecule has 3 rings (SSSR count). The van der Waals surface area contributed by atoms with E-state index in [0.29, 0.717) is 5.92 Å². The van der Waals surface area contributed by atoms with Gasteiger partial charge in [0, 0.05) is 38.2 Å². The molecule has 104 valence electrons. The van der Waals surface area contributed by atoms with Gasteiger partial charge in [-0.05, 0) is 26.3 Å². The van der Waals surface area contributed by atoms with Gasteiger partial charge in [0.15, 0.2) is 0 Å². The molecule has 0 unspecified atom stereocenters. The molecule has 5 heteroatoms. The summed E-state index contributed by atoms with van der Waals surface area (Å²) in [5.74, 6) is 2.40. The number of aryl methyl sites for hydroxylation is 1. The van der Waals surface area contributed by atoms with Gasteiger partial charge in [0.1, 0.15) is 11.6 Å². The summed E-state index contributed by atoms with van der Waals surface area (Å²) in [4.78, 5) is 11.6. The Kier molecular flexibility index (Phi) is 3.94. The zero-order valence-electron chi connectivity index (χ0n) is 11.6. The van der Waals surface area contributed by atoms with Gasteiger partial charge >= 0.3 is 0 Å². The first-order valence-electron chi connectivity index (χ1n) is 7.22. The van der Waals surface area contributed by atoms with Crippen molar-refractivity contribution in [3.8, 4) is 0 Å². The maximum atomic E-state index is 5.47. The van der Waals surface area contributed by atoms with E-state index in [0.717, 1.165) is 63.1 Å². The van der Waals surface area contributed by atoms with Crippen molar-refractivity contribution in [3.05, 3.63) is 17.6 Å². The number of nitrogens with zero attached hydrogens (tertiary/aromatic N) is 3. The molecule has 0 aromatic carbocycles. The van der Waals surface area contributed by atoms with Crippen molar-refractivity contribution in [2.45, 2.75) is 25.7 Å². The van der Waals surface area contributed by atoms with E-state index in [-0.39, 0.29) is 0 Å². The molecule has 0 saturated carbocycles. The third-order valence-electron chi connectivity index (χ3n) is 3.86. The fraction of sp³-hybridized carbons (Fsp3) is 0.714. The number of nitrogens with one attached hydrogen (secondary N) is 1. The second-order valence-electron chi connectivity index (χ2n) is 5.35. The molecule has 1 aromatic heterocycles. The Morgan fingerprint density at radius 1 is 1.32 bits per heavy atom. The largest absolute Gasteiger partial charge is 0.381 e. The molecular formula is C14H22N4O. The predicted molar refractivity (Wildman–Crippen MR) is 74.6 cm³/mol. The van der Waals surface area contributed by atoms with Gasteiger partial charge in [-0.2, -0.15) is 0 Å². The lowest BCUT2D eigenvalue weighted by Gasteiger charge is -2.22. The fourth-order valence-electron chi connectivity index (χ4n) is 2.79. The van der Waals surface area contributed by atoms with Gasteiger partial charge in [-0.3, -0.25) is 0 Å². The molecule has 0 bridgehead atoms. The Labute approximate surface area is 114 Å². The third kappa shape index (κ3) is 3.04. The van der Waals surface area contributed by atoms with Crippen molar-refractivity contribution in [1.29, 1.82) is 0 Å². The van der Waals surface area contributed by atoms with E-state index < -0.39 is 0 Å². The van der Waals surface area contributed by atoms with Crippen LogP contribution in [0.3, 0.4) is 0 Å². The maximum absolute atomic E-state index is 5.47. The van der Waals surface area contributed by atoms with Crippen LogP contribution < -0.4 is 10.2 Å². The molecule has 1 aromatic rings. The number of aromatic nitrogens is 2. The van der Waals surface area contributed by atoms with Gasteiger partial charge in [-0.25, -0.2) is 9.97 Å². The summed E-state index contributed by atoms with van der Waals surface area (Å²) in [7, 11) is 0. The Bertz CT molecular complexity index is 423. The number of anilines is 1. The second-order valence-corrected chi connectivity index (χ2v) is 5.35. The van der Waals surface area contributed by atoms with Crippen LogP contribution in [0.5, 0.6) is 0 Å². The third-order valence-corrected chi connectivity index (χ3v) is 3.86. The molecule has 2 saturated heterocycles. The van der Waals surface area contributed by atoms with Crippen LogP contribution in [-0.4, -0.2) is 49.4 Å². The normalized spacial score (nSPS) is 24.5. The first kappa shape index (κ1) is 12.8. The Hall–Kier alpha value is -1.20. The second kappa shape index (κ2) is 5.84. The van der Waals surface area contributed by atoms with Gasteiger partial charge < -0.3 is 15.0 Å². The molecule has 1 atom stereocenters. The average molecular weight is 262 g/mol. The smallest absolute Gasteiger partial charge is 0.132 e. The molecule has 19 heavy (non-hydrogen) atoms. The van der Waals surface area contributed by atoms with Gasteiger partial charge in [0.2, 0.25) is 0 Å². The Morgan fingerprint density at radius 3 is 3.11 bits per heavy atom. The molecule has 0 spiro atoms. The molecule has 1 N–H and O–H groups in total. The zero-order valence-corrected chi connectivity index (χ0v) is 11.6. The van der Waals surface area contributed by atoms with Gasteiger partial charge in [-0.1, -0.05) is 0 Å². The van der Waals surface area contributed by atoms with E-state index in [1.165, 1.54) is 6.42 Å². The molecule has 0 aliphatic carbocycles. The molecule has 2 aliphatic heterocycles. The van der Waals surface area contributed by atoms with Crippen LogP contribution in [0.25, 0.3) is 0 Å². The molecule has 5 nitrogen and oxygen atoms in total. The minimum absolute atomic E-state index is 0.450. The summed E-state index contributed by atoms with van der Waals surface area (Å²) < 4.78 is 5.47. The van der Waals surface area contributed by atoms with Crippen LogP contribution in [-0.2, 0) is 4.74 Å². The Balaban J connectivity index is 1.83. The summed E-state index contributed by atoms with van der Waals surface area (Å²) in [6.07, 6.45) is 2.25. The van der Waals surface area contributed by atoms with Crippen molar-refractivity contribution >= 4 is 5.82 Å². The highest BCUT2D eigenvalue weighted by atomic mass is 16.5. The predicted octanol–water partition coefficient (Wildman–Crippen LogP) is 1.09. The van der Waals surface area contributed by atoms with E-state index in [4.69, 9.17) is 4.74 Å². The summed E-state index contributed by atoms with van der Waals surface area (Å²) in [5.41, 5.74) is 1.15. The van der Waals surface area contributed by atoms with Crippen LogP contribution in [0.4, 0.5) is 5.82 Å². The van der Waals surface area contributed by atoms with Crippen molar-refractivity contribution in [3.63, 3.8) is 0 Å². The number of ether oxygens (including phenoxy) is 1. The molecular weight excluding hydrogens is 240 g/mol. The number of hydrogen-bond acceptors (Lipinski definition) is 5. The lowest BCUT2D eigenvalue weighted by Crippen LogP contribution is -2.29. The maximum Gasteiger partial charge on any atom is 0.132 e. The monoisotopic (exact) mass is 262 g/mol. The SMILES string of the molecule is Cc1nc([C@H]2CCOC2)cc(N2CCCNCC2)n1. The highest BCUT2D eigenvalue weighted by Crippen LogP contribution is 2.26. The molecule has 0 amide bonds. The van der Waals surface area contributed by atoms with Crippen LogP contribution in [0.1, 0.15) is 30.3 Å². The topological polar surface area (TPSA) is 50.3 Å². The zero-order chi connectivity index (χ0) is 13.1. The highest BCUT2D eigenvalue weighted by molar-refractivity contribution is 5.41. The average Bonchev–Trinajstić information content (AvgIpc) is 2.81. The van der Waals surface area contributed by atoms with E-state index in [2.05, 4.69) is 26.3 Å². The summed E-state index contributed by atoms with van der Waals surface area (Å²) in [6, 6.07) is 2.16. The standard InChI is InChI=1S/C14H22N4O/c1-11-16-13(12-3-8-19-10-12)9-14(17-11)18-6-2-4-15-5-7-18/h9,12,15H,2-8,10H2,1H3/t12-/m0/s1. The first-order chi connectivity index (χ1) is 9.33. The van der Waals surface area contributed by atoms with Crippen molar-refractivity contribution in [2.75, 3.05) is 44.3 Å². The molecule has 2 aliphatic rings. The fourth-order valence-corrected chi connectivity index (χ4v) is 2.79. The minimum Gasteiger partial charge on any atom is -0.381 e. The number of rotatable bonds is 2. The van der Waals surface area contributed by atoms with E-state index >= 15 is 0 Å². The summed E-state index contributed by atoms with van der Waals surface area (Å²) in [6.45, 7) is 7.88. The van der Waals surface area contributed by atoms with Crippen LogP contribution >= 0.6 is 0 Å². The van der Waals surface area contributed by atoms with Gasteiger partial charge in [0.05, 0.1) is 12.3 Å². The van der Waals surface area contributed by atoms with Gasteiger partial charge in [-0.15, -0.1) is 0 Å². The van der Waals surface area contributed by atoms with Crippen LogP contribution in [0.2, 0.25) is 0 Å². The van der Waals surface area contributed by atoms with E-state index in [1.807, 2.05) is 6.92 Å². The van der Waals surface area contributed by atoms with Crippen LogP contribution in [0.15, 0.2) is 6.07 Å².